The Bertz CT molecular complexity index is 1360. The minimum Gasteiger partial charge on any atom is -0.756 e. The van der Waals surface area contributed by atoms with Crippen molar-refractivity contribution in [1.82, 2.24) is 5.32 Å². The Morgan fingerprint density at radius 1 is 0.467 bits per heavy atom. The topological polar surface area (TPSA) is 108 Å². The summed E-state index contributed by atoms with van der Waals surface area (Å²) in [5, 5.41) is 13.9. The first kappa shape index (κ1) is 73.5. The predicted molar refractivity (Wildman–Crippen MR) is 325 cm³/mol. The lowest BCUT2D eigenvalue weighted by molar-refractivity contribution is -0.870. The molecule has 0 spiro atoms. The Balaban J connectivity index is 4.14. The molecule has 0 rings (SSSR count). The Hall–Kier alpha value is -1.54. The molecule has 0 bridgehead atoms. The molecule has 0 fully saturated rings. The molecule has 9 heteroatoms. The molecule has 442 valence electrons. The van der Waals surface area contributed by atoms with Crippen LogP contribution in [-0.2, 0) is 18.4 Å². The number of quaternary nitrogens is 1. The highest BCUT2D eigenvalue weighted by Crippen LogP contribution is 2.38. The van der Waals surface area contributed by atoms with E-state index in [-0.39, 0.29) is 19.1 Å². The summed E-state index contributed by atoms with van der Waals surface area (Å²) in [5.41, 5.74) is 0. The minimum absolute atomic E-state index is 0.00220. The number of unbranched alkanes of at least 4 members (excludes halogenated alkanes) is 41. The molecular formula is C66H127N2O6P. The molecule has 3 unspecified atom stereocenters. The Morgan fingerprint density at radius 2 is 0.773 bits per heavy atom. The standard InChI is InChI=1S/C66H127N2O6P/c1-6-8-10-12-14-16-18-20-22-24-26-28-30-32-33-34-36-37-39-41-43-45-47-49-51-53-55-57-59-65(69)64(63-74-75(71,72)73-62-61-68(3,4)5)67-66(70)60-58-56-54-52-50-48-46-44-42-40-38-35-31-29-27-25-23-21-19-17-15-13-11-9-7-2/h19,21,25,27,31,35,57,59,64-65,69H,6-18,20,22-24,26,28-30,32-34,36-56,58,60-63H2,1-5H3,(H-,67,70,71,72)/b21-19-,27-25-,35-31-,59-57+. The van der Waals surface area contributed by atoms with Crippen molar-refractivity contribution in [1.29, 1.82) is 0 Å². The van der Waals surface area contributed by atoms with Crippen LogP contribution in [0.1, 0.15) is 316 Å². The van der Waals surface area contributed by atoms with Gasteiger partial charge in [-0.05, 0) is 57.8 Å². The number of phosphoric ester groups is 1. The number of aliphatic hydroxyl groups is 1. The largest absolute Gasteiger partial charge is 0.756 e. The fourth-order valence-corrected chi connectivity index (χ4v) is 10.4. The van der Waals surface area contributed by atoms with Crippen LogP contribution in [-0.4, -0.2) is 68.5 Å². The van der Waals surface area contributed by atoms with E-state index in [2.05, 4.69) is 55.6 Å². The lowest BCUT2D eigenvalue weighted by atomic mass is 10.0. The average molecular weight is 1080 g/mol. The summed E-state index contributed by atoms with van der Waals surface area (Å²) in [6.45, 7) is 4.68. The fraction of sp³-hybridized carbons (Fsp3) is 0.864. The first-order valence-corrected chi connectivity index (χ1v) is 34.0. The van der Waals surface area contributed by atoms with Crippen molar-refractivity contribution in [2.24, 2.45) is 0 Å². The van der Waals surface area contributed by atoms with Crippen LogP contribution in [0.2, 0.25) is 0 Å². The van der Waals surface area contributed by atoms with Crippen molar-refractivity contribution < 1.29 is 32.9 Å². The number of allylic oxidation sites excluding steroid dienone is 7. The number of amides is 1. The van der Waals surface area contributed by atoms with Gasteiger partial charge in [0.05, 0.1) is 39.9 Å². The Morgan fingerprint density at radius 3 is 1.12 bits per heavy atom. The molecule has 0 aromatic rings. The van der Waals surface area contributed by atoms with Gasteiger partial charge in [0.1, 0.15) is 13.2 Å². The zero-order valence-corrected chi connectivity index (χ0v) is 51.4. The average Bonchev–Trinajstić information content (AvgIpc) is 3.37. The van der Waals surface area contributed by atoms with E-state index in [0.717, 1.165) is 51.4 Å². The third-order valence-corrected chi connectivity index (χ3v) is 15.7. The maximum Gasteiger partial charge on any atom is 0.268 e. The molecule has 0 heterocycles. The van der Waals surface area contributed by atoms with Gasteiger partial charge in [-0.2, -0.15) is 0 Å². The molecule has 0 aromatic carbocycles. The summed E-state index contributed by atoms with van der Waals surface area (Å²) in [5.74, 6) is -0.198. The van der Waals surface area contributed by atoms with E-state index < -0.39 is 20.0 Å². The SMILES string of the molecule is CCCCCCC/C=C\C/C=C\C/C=C\CCCCCCCCCCCCC(=O)NC(COP(=O)([O-])OCC[N+](C)(C)C)C(O)/C=C/CCCCCCCCCCCCCCCCCCCCCCCCCCCC. The maximum absolute atomic E-state index is 13.0. The number of nitrogens with zero attached hydrogens (tertiary/aromatic N) is 1. The number of hydrogen-bond acceptors (Lipinski definition) is 6. The van der Waals surface area contributed by atoms with Gasteiger partial charge < -0.3 is 28.8 Å². The molecule has 0 radical (unpaired) electrons. The number of nitrogens with one attached hydrogen (secondary N) is 1. The number of phosphoric acid groups is 1. The predicted octanol–water partition coefficient (Wildman–Crippen LogP) is 19.6. The van der Waals surface area contributed by atoms with Crippen molar-refractivity contribution in [3.05, 3.63) is 48.6 Å². The number of carbonyl (C=O) groups excluding carboxylic acids is 1. The number of hydrogen-bond donors (Lipinski definition) is 2. The lowest BCUT2D eigenvalue weighted by Crippen LogP contribution is -2.45. The number of aliphatic hydroxyl groups excluding tert-OH is 1. The molecule has 75 heavy (non-hydrogen) atoms. The van der Waals surface area contributed by atoms with Crippen molar-refractivity contribution in [3.63, 3.8) is 0 Å². The number of rotatable bonds is 60. The van der Waals surface area contributed by atoms with Crippen LogP contribution in [0.25, 0.3) is 0 Å². The van der Waals surface area contributed by atoms with Gasteiger partial charge in [-0.1, -0.05) is 300 Å². The monoisotopic (exact) mass is 1070 g/mol. The van der Waals surface area contributed by atoms with Gasteiger partial charge in [-0.3, -0.25) is 9.36 Å². The molecule has 3 atom stereocenters. The van der Waals surface area contributed by atoms with E-state index in [0.29, 0.717) is 17.4 Å². The van der Waals surface area contributed by atoms with Gasteiger partial charge in [0, 0.05) is 6.42 Å². The van der Waals surface area contributed by atoms with E-state index in [1.165, 1.54) is 244 Å². The van der Waals surface area contributed by atoms with Crippen molar-refractivity contribution in [3.8, 4) is 0 Å². The molecule has 0 aromatic heterocycles. The molecule has 8 nitrogen and oxygen atoms in total. The smallest absolute Gasteiger partial charge is 0.268 e. The maximum atomic E-state index is 13.0. The van der Waals surface area contributed by atoms with Gasteiger partial charge in [-0.25, -0.2) is 0 Å². The summed E-state index contributed by atoms with van der Waals surface area (Å²) in [6, 6.07) is -0.891. The second-order valence-corrected chi connectivity index (χ2v) is 24.9. The third-order valence-electron chi connectivity index (χ3n) is 14.8. The number of carbonyl (C=O) groups is 1. The molecule has 0 aliphatic heterocycles. The van der Waals surface area contributed by atoms with Crippen LogP contribution in [0.3, 0.4) is 0 Å². The normalized spacial score (nSPS) is 14.1. The summed E-state index contributed by atoms with van der Waals surface area (Å²) in [4.78, 5) is 25.6. The lowest BCUT2D eigenvalue weighted by Gasteiger charge is -2.29. The summed E-state index contributed by atoms with van der Waals surface area (Å²) in [6.07, 6.45) is 76.3. The second kappa shape index (κ2) is 57.2. The highest BCUT2D eigenvalue weighted by Gasteiger charge is 2.23. The zero-order chi connectivity index (χ0) is 54.9. The van der Waals surface area contributed by atoms with Gasteiger partial charge in [0.15, 0.2) is 0 Å². The zero-order valence-electron chi connectivity index (χ0n) is 50.5. The molecule has 0 saturated heterocycles. The fourth-order valence-electron chi connectivity index (χ4n) is 9.69. The quantitative estimate of drug-likeness (QED) is 0.0272. The highest BCUT2D eigenvalue weighted by molar-refractivity contribution is 7.45. The Labute approximate surface area is 467 Å². The van der Waals surface area contributed by atoms with Crippen LogP contribution >= 0.6 is 7.82 Å². The number of likely N-dealkylation sites (N-methyl/N-ethyl adjacent to an activating group) is 1. The van der Waals surface area contributed by atoms with Crippen LogP contribution in [0.15, 0.2) is 48.6 Å². The Kier molecular flexibility index (Phi) is 56.0. The van der Waals surface area contributed by atoms with Gasteiger partial charge in [0.25, 0.3) is 7.82 Å². The second-order valence-electron chi connectivity index (χ2n) is 23.5. The van der Waals surface area contributed by atoms with E-state index >= 15 is 0 Å². The minimum atomic E-state index is -4.60. The molecular weight excluding hydrogens is 948 g/mol. The molecule has 0 aliphatic carbocycles. The van der Waals surface area contributed by atoms with Gasteiger partial charge in [-0.15, -0.1) is 0 Å². The summed E-state index contributed by atoms with van der Waals surface area (Å²) < 4.78 is 23.4. The van der Waals surface area contributed by atoms with Crippen molar-refractivity contribution in [2.75, 3.05) is 40.9 Å². The van der Waals surface area contributed by atoms with E-state index in [1.807, 2.05) is 27.2 Å². The van der Waals surface area contributed by atoms with E-state index in [1.54, 1.807) is 6.08 Å². The van der Waals surface area contributed by atoms with Crippen molar-refractivity contribution in [2.45, 2.75) is 328 Å². The van der Waals surface area contributed by atoms with Crippen LogP contribution < -0.4 is 10.2 Å². The van der Waals surface area contributed by atoms with E-state index in [4.69, 9.17) is 9.05 Å². The highest BCUT2D eigenvalue weighted by atomic mass is 31.2. The first-order chi connectivity index (χ1) is 36.5. The van der Waals surface area contributed by atoms with Crippen LogP contribution in [0.4, 0.5) is 0 Å². The van der Waals surface area contributed by atoms with Gasteiger partial charge >= 0.3 is 0 Å². The van der Waals surface area contributed by atoms with Crippen molar-refractivity contribution >= 4 is 13.7 Å². The molecule has 1 amide bonds. The molecule has 0 aliphatic rings. The molecule has 2 N–H and O–H groups in total. The third kappa shape index (κ3) is 60.0. The molecule has 0 saturated carbocycles. The van der Waals surface area contributed by atoms with Crippen LogP contribution in [0, 0.1) is 0 Å². The van der Waals surface area contributed by atoms with Gasteiger partial charge in [0.2, 0.25) is 5.91 Å². The van der Waals surface area contributed by atoms with Crippen LogP contribution in [0.5, 0.6) is 0 Å². The first-order valence-electron chi connectivity index (χ1n) is 32.5. The van der Waals surface area contributed by atoms with E-state index in [9.17, 15) is 19.4 Å². The summed E-state index contributed by atoms with van der Waals surface area (Å²) in [7, 11) is 1.27. The summed E-state index contributed by atoms with van der Waals surface area (Å²) >= 11 is 0.